The molecule has 0 amide bonds. The van der Waals surface area contributed by atoms with Gasteiger partial charge in [-0.1, -0.05) is 31.0 Å². The Kier molecular flexibility index (Phi) is 7.52. The van der Waals surface area contributed by atoms with Gasteiger partial charge in [-0.25, -0.2) is 0 Å². The van der Waals surface area contributed by atoms with Crippen LogP contribution in [0.4, 0.5) is 5.69 Å². The second-order valence-corrected chi connectivity index (χ2v) is 5.95. The van der Waals surface area contributed by atoms with Gasteiger partial charge in [0.25, 0.3) is 0 Å². The average Bonchev–Trinajstić information content (AvgIpc) is 2.56. The molecule has 0 aliphatic rings. The summed E-state index contributed by atoms with van der Waals surface area (Å²) in [4.78, 5) is 0. The summed E-state index contributed by atoms with van der Waals surface area (Å²) in [5.41, 5.74) is 4.53. The van der Waals surface area contributed by atoms with Crippen LogP contribution in [0.5, 0.6) is 5.75 Å². The lowest BCUT2D eigenvalue weighted by atomic mass is 10.2. The smallest absolute Gasteiger partial charge is 0.191 e. The number of hydrogen-bond donors (Lipinski definition) is 2. The van der Waals surface area contributed by atoms with Crippen molar-refractivity contribution >= 4 is 40.8 Å². The van der Waals surface area contributed by atoms with Crippen molar-refractivity contribution in [2.45, 2.75) is 19.8 Å². The van der Waals surface area contributed by atoms with E-state index in [-0.39, 0.29) is 0 Å². The summed E-state index contributed by atoms with van der Waals surface area (Å²) in [6.45, 7) is 2.89. The molecule has 0 unspecified atom stereocenters. The van der Waals surface area contributed by atoms with Crippen molar-refractivity contribution < 1.29 is 4.74 Å². The van der Waals surface area contributed by atoms with Crippen LogP contribution in [-0.4, -0.2) is 17.9 Å². The topological polar surface area (TPSA) is 45.6 Å². The van der Waals surface area contributed by atoms with Gasteiger partial charge in [0.15, 0.2) is 5.11 Å². The van der Waals surface area contributed by atoms with E-state index in [0.29, 0.717) is 10.1 Å². The molecular formula is C18H20ClN3OS. The Morgan fingerprint density at radius 2 is 2.04 bits per heavy atom. The van der Waals surface area contributed by atoms with Crippen LogP contribution in [0, 0.1) is 0 Å². The van der Waals surface area contributed by atoms with E-state index >= 15 is 0 Å². The SMILES string of the molecule is CCCCOc1ccc(C=NNC(=S)Nc2cccc(Cl)c2)cc1. The van der Waals surface area contributed by atoms with Gasteiger partial charge in [0.1, 0.15) is 5.75 Å². The van der Waals surface area contributed by atoms with Crippen molar-refractivity contribution in [3.8, 4) is 5.75 Å². The Labute approximate surface area is 152 Å². The zero-order valence-corrected chi connectivity index (χ0v) is 15.0. The maximum absolute atomic E-state index is 5.92. The molecule has 0 bridgehead atoms. The molecule has 4 nitrogen and oxygen atoms in total. The first-order valence-corrected chi connectivity index (χ1v) is 8.54. The van der Waals surface area contributed by atoms with Crippen LogP contribution in [0.2, 0.25) is 5.02 Å². The molecule has 2 aromatic rings. The molecule has 0 saturated heterocycles. The summed E-state index contributed by atoms with van der Waals surface area (Å²) in [7, 11) is 0. The first kappa shape index (κ1) is 18.2. The van der Waals surface area contributed by atoms with Crippen molar-refractivity contribution in [3.05, 3.63) is 59.1 Å². The van der Waals surface area contributed by atoms with E-state index in [1.807, 2.05) is 36.4 Å². The normalized spacial score (nSPS) is 10.6. The Morgan fingerprint density at radius 1 is 1.25 bits per heavy atom. The van der Waals surface area contributed by atoms with E-state index in [9.17, 15) is 0 Å². The van der Waals surface area contributed by atoms with E-state index in [1.54, 1.807) is 18.3 Å². The predicted molar refractivity (Wildman–Crippen MR) is 105 cm³/mol. The quantitative estimate of drug-likeness (QED) is 0.320. The maximum atomic E-state index is 5.92. The monoisotopic (exact) mass is 361 g/mol. The first-order valence-electron chi connectivity index (χ1n) is 7.76. The molecule has 0 fully saturated rings. The lowest BCUT2D eigenvalue weighted by Crippen LogP contribution is -2.23. The predicted octanol–water partition coefficient (Wildman–Crippen LogP) is 4.84. The second-order valence-electron chi connectivity index (χ2n) is 5.11. The third kappa shape index (κ3) is 6.56. The van der Waals surface area contributed by atoms with Gasteiger partial charge in [0, 0.05) is 10.7 Å². The highest BCUT2D eigenvalue weighted by molar-refractivity contribution is 7.80. The molecule has 126 valence electrons. The lowest BCUT2D eigenvalue weighted by Gasteiger charge is -2.07. The van der Waals surface area contributed by atoms with Crippen molar-refractivity contribution in [1.82, 2.24) is 5.43 Å². The summed E-state index contributed by atoms with van der Waals surface area (Å²) in [6, 6.07) is 15.1. The summed E-state index contributed by atoms with van der Waals surface area (Å²) in [6.07, 6.45) is 3.88. The highest BCUT2D eigenvalue weighted by Gasteiger charge is 1.97. The number of nitrogens with one attached hydrogen (secondary N) is 2. The molecule has 0 aromatic heterocycles. The Balaban J connectivity index is 1.79. The summed E-state index contributed by atoms with van der Waals surface area (Å²) < 4.78 is 5.62. The number of anilines is 1. The molecule has 2 N–H and O–H groups in total. The van der Waals surface area contributed by atoms with Gasteiger partial charge >= 0.3 is 0 Å². The molecule has 0 radical (unpaired) electrons. The number of halogens is 1. The number of unbranched alkanes of at least 4 members (excludes halogenated alkanes) is 1. The number of hydrazone groups is 1. The van der Waals surface area contributed by atoms with Crippen molar-refractivity contribution in [2.75, 3.05) is 11.9 Å². The molecule has 0 atom stereocenters. The molecule has 2 aromatic carbocycles. The largest absolute Gasteiger partial charge is 0.494 e. The second kappa shape index (κ2) is 9.90. The minimum absolute atomic E-state index is 0.396. The third-order valence-corrected chi connectivity index (χ3v) is 3.54. The molecule has 0 aliphatic heterocycles. The number of nitrogens with zero attached hydrogens (tertiary/aromatic N) is 1. The van der Waals surface area contributed by atoms with Gasteiger partial charge in [-0.05, 0) is 66.7 Å². The third-order valence-electron chi connectivity index (χ3n) is 3.11. The van der Waals surface area contributed by atoms with Gasteiger partial charge in [-0.15, -0.1) is 0 Å². The highest BCUT2D eigenvalue weighted by Crippen LogP contribution is 2.14. The minimum Gasteiger partial charge on any atom is -0.494 e. The molecule has 2 rings (SSSR count). The Bertz CT molecular complexity index is 689. The van der Waals surface area contributed by atoms with E-state index in [4.69, 9.17) is 28.6 Å². The standard InChI is InChI=1S/C18H20ClN3OS/c1-2-3-11-23-17-9-7-14(8-10-17)13-20-22-18(24)21-16-6-4-5-15(19)12-16/h4-10,12-13H,2-3,11H2,1H3,(H2,21,22,24). The number of benzene rings is 2. The van der Waals surface area contributed by atoms with Gasteiger partial charge in [0.2, 0.25) is 0 Å². The van der Waals surface area contributed by atoms with Crippen LogP contribution in [0.1, 0.15) is 25.3 Å². The molecular weight excluding hydrogens is 342 g/mol. The van der Waals surface area contributed by atoms with Crippen LogP contribution in [0.3, 0.4) is 0 Å². The van der Waals surface area contributed by atoms with E-state index in [1.165, 1.54) is 0 Å². The minimum atomic E-state index is 0.396. The summed E-state index contributed by atoms with van der Waals surface area (Å²) in [5.74, 6) is 0.867. The van der Waals surface area contributed by atoms with Crippen LogP contribution in [0.15, 0.2) is 53.6 Å². The van der Waals surface area contributed by atoms with Crippen molar-refractivity contribution in [2.24, 2.45) is 5.10 Å². The molecule has 24 heavy (non-hydrogen) atoms. The Morgan fingerprint density at radius 3 is 2.75 bits per heavy atom. The molecule has 0 spiro atoms. The zero-order chi connectivity index (χ0) is 17.2. The van der Waals surface area contributed by atoms with E-state index in [0.717, 1.165) is 36.4 Å². The summed E-state index contributed by atoms with van der Waals surface area (Å²) in [5, 5.41) is 8.16. The number of ether oxygens (including phenoxy) is 1. The van der Waals surface area contributed by atoms with Gasteiger partial charge in [-0.2, -0.15) is 5.10 Å². The van der Waals surface area contributed by atoms with Gasteiger partial charge in [-0.3, -0.25) is 5.43 Å². The fourth-order valence-electron chi connectivity index (χ4n) is 1.88. The van der Waals surface area contributed by atoms with Gasteiger partial charge < -0.3 is 10.1 Å². The summed E-state index contributed by atoms with van der Waals surface area (Å²) >= 11 is 11.1. The molecule has 0 aliphatic carbocycles. The van der Waals surface area contributed by atoms with Crippen LogP contribution >= 0.6 is 23.8 Å². The van der Waals surface area contributed by atoms with E-state index < -0.39 is 0 Å². The lowest BCUT2D eigenvalue weighted by molar-refractivity contribution is 0.309. The average molecular weight is 362 g/mol. The van der Waals surface area contributed by atoms with Crippen LogP contribution < -0.4 is 15.5 Å². The first-order chi connectivity index (χ1) is 11.7. The van der Waals surface area contributed by atoms with Crippen molar-refractivity contribution in [3.63, 3.8) is 0 Å². The fourth-order valence-corrected chi connectivity index (χ4v) is 2.24. The number of hydrogen-bond acceptors (Lipinski definition) is 3. The molecule has 0 heterocycles. The van der Waals surface area contributed by atoms with E-state index in [2.05, 4.69) is 22.8 Å². The zero-order valence-electron chi connectivity index (χ0n) is 13.5. The number of thiocarbonyl (C=S) groups is 1. The molecule has 6 heteroatoms. The molecule has 0 saturated carbocycles. The van der Waals surface area contributed by atoms with Crippen LogP contribution in [0.25, 0.3) is 0 Å². The fraction of sp³-hybridized carbons (Fsp3) is 0.222. The van der Waals surface area contributed by atoms with Gasteiger partial charge in [0.05, 0.1) is 12.8 Å². The highest BCUT2D eigenvalue weighted by atomic mass is 35.5. The van der Waals surface area contributed by atoms with Crippen LogP contribution in [-0.2, 0) is 0 Å². The Hall–Kier alpha value is -2.11. The maximum Gasteiger partial charge on any atom is 0.191 e. The van der Waals surface area contributed by atoms with Crippen molar-refractivity contribution in [1.29, 1.82) is 0 Å². The number of rotatable bonds is 7.